The number of nitrogens with zero attached hydrogens (tertiary/aromatic N) is 4. The molecule has 2 rings (SSSR count). The highest BCUT2D eigenvalue weighted by atomic mass is 15.3. The third-order valence-corrected chi connectivity index (χ3v) is 5.74. The Kier molecular flexibility index (Phi) is 9.58. The van der Waals surface area contributed by atoms with Crippen LogP contribution < -0.4 is 10.6 Å². The van der Waals surface area contributed by atoms with Gasteiger partial charge in [-0.15, -0.1) is 0 Å². The van der Waals surface area contributed by atoms with Crippen molar-refractivity contribution in [2.24, 2.45) is 4.99 Å². The fourth-order valence-corrected chi connectivity index (χ4v) is 3.97. The van der Waals surface area contributed by atoms with E-state index < -0.39 is 0 Å². The summed E-state index contributed by atoms with van der Waals surface area (Å²) in [5, 5.41) is 6.98. The number of hydrogen-bond donors (Lipinski definition) is 2. The predicted molar refractivity (Wildman–Crippen MR) is 107 cm³/mol. The Morgan fingerprint density at radius 1 is 0.960 bits per heavy atom. The first kappa shape index (κ1) is 20.5. The van der Waals surface area contributed by atoms with Crippen molar-refractivity contribution in [3.8, 4) is 0 Å². The number of hydrogen-bond acceptors (Lipinski definition) is 4. The summed E-state index contributed by atoms with van der Waals surface area (Å²) in [4.78, 5) is 12.1. The number of guanidine groups is 1. The average molecular weight is 353 g/mol. The maximum Gasteiger partial charge on any atom is 0.191 e. The van der Waals surface area contributed by atoms with Gasteiger partial charge in [-0.1, -0.05) is 13.8 Å². The first-order chi connectivity index (χ1) is 12.3. The lowest BCUT2D eigenvalue weighted by Crippen LogP contribution is -2.46. The summed E-state index contributed by atoms with van der Waals surface area (Å²) in [6, 6.07) is 0.672. The van der Waals surface area contributed by atoms with Crippen LogP contribution >= 0.6 is 0 Å². The lowest BCUT2D eigenvalue weighted by Gasteiger charge is -2.34. The maximum atomic E-state index is 4.37. The largest absolute Gasteiger partial charge is 0.356 e. The third kappa shape index (κ3) is 7.12. The molecule has 146 valence electrons. The monoisotopic (exact) mass is 352 g/mol. The first-order valence-corrected chi connectivity index (χ1v) is 10.4. The number of likely N-dealkylation sites (N-methyl/N-ethyl adjacent to an activating group) is 2. The summed E-state index contributed by atoms with van der Waals surface area (Å²) in [7, 11) is 1.87. The molecule has 0 aliphatic carbocycles. The van der Waals surface area contributed by atoms with Gasteiger partial charge < -0.3 is 20.4 Å². The maximum absolute atomic E-state index is 4.37. The molecule has 0 bridgehead atoms. The van der Waals surface area contributed by atoms with Gasteiger partial charge in [-0.2, -0.15) is 0 Å². The van der Waals surface area contributed by atoms with E-state index in [0.29, 0.717) is 6.04 Å². The van der Waals surface area contributed by atoms with Crippen LogP contribution in [-0.2, 0) is 0 Å². The SMILES string of the molecule is CCN1CCN(CCCCNC(=NC)NCC2CCCN2CC)CC1. The Morgan fingerprint density at radius 3 is 2.40 bits per heavy atom. The summed E-state index contributed by atoms with van der Waals surface area (Å²) in [6.45, 7) is 16.3. The zero-order valence-electron chi connectivity index (χ0n) is 16.8. The van der Waals surface area contributed by atoms with Gasteiger partial charge in [0.05, 0.1) is 0 Å². The molecule has 25 heavy (non-hydrogen) atoms. The Hall–Kier alpha value is -0.850. The van der Waals surface area contributed by atoms with Crippen molar-refractivity contribution < 1.29 is 0 Å². The molecular formula is C19H40N6. The van der Waals surface area contributed by atoms with Crippen LogP contribution in [0.3, 0.4) is 0 Å². The second-order valence-corrected chi connectivity index (χ2v) is 7.29. The second-order valence-electron chi connectivity index (χ2n) is 7.29. The van der Waals surface area contributed by atoms with E-state index >= 15 is 0 Å². The average Bonchev–Trinajstić information content (AvgIpc) is 3.12. The summed E-state index contributed by atoms with van der Waals surface area (Å²) < 4.78 is 0. The van der Waals surface area contributed by atoms with Crippen molar-refractivity contribution in [1.82, 2.24) is 25.3 Å². The normalized spacial score (nSPS) is 24.0. The van der Waals surface area contributed by atoms with E-state index in [2.05, 4.69) is 44.2 Å². The molecule has 0 saturated carbocycles. The molecule has 0 aromatic heterocycles. The summed E-state index contributed by atoms with van der Waals surface area (Å²) >= 11 is 0. The molecule has 1 atom stereocenters. The number of piperazine rings is 1. The minimum atomic E-state index is 0.672. The van der Waals surface area contributed by atoms with Gasteiger partial charge in [-0.3, -0.25) is 9.89 Å². The van der Waals surface area contributed by atoms with E-state index in [1.807, 2.05) is 7.05 Å². The highest BCUT2D eigenvalue weighted by molar-refractivity contribution is 5.79. The molecule has 0 radical (unpaired) electrons. The van der Waals surface area contributed by atoms with Crippen LogP contribution in [0.15, 0.2) is 4.99 Å². The Labute approximate surface area is 155 Å². The quantitative estimate of drug-likeness (QED) is 0.369. The molecule has 2 saturated heterocycles. The molecule has 0 aromatic carbocycles. The Balaban J connectivity index is 1.51. The second kappa shape index (κ2) is 11.7. The van der Waals surface area contributed by atoms with Crippen LogP contribution in [0.5, 0.6) is 0 Å². The fourth-order valence-electron chi connectivity index (χ4n) is 3.97. The van der Waals surface area contributed by atoms with E-state index in [9.17, 15) is 0 Å². The van der Waals surface area contributed by atoms with E-state index in [-0.39, 0.29) is 0 Å². The topological polar surface area (TPSA) is 46.1 Å². The molecule has 1 unspecified atom stereocenters. The highest BCUT2D eigenvalue weighted by Gasteiger charge is 2.22. The van der Waals surface area contributed by atoms with Crippen molar-refractivity contribution >= 4 is 5.96 Å². The Bertz CT molecular complexity index is 378. The standard InChI is InChI=1S/C19H40N6/c1-4-23-13-15-24(16-14-23)11-7-6-10-21-19(20-3)22-17-18-9-8-12-25(18)5-2/h18H,4-17H2,1-3H3,(H2,20,21,22). The van der Waals surface area contributed by atoms with E-state index in [1.165, 1.54) is 71.5 Å². The molecule has 2 fully saturated rings. The fraction of sp³-hybridized carbons (Fsp3) is 0.947. The van der Waals surface area contributed by atoms with Crippen molar-refractivity contribution in [3.05, 3.63) is 0 Å². The molecule has 0 amide bonds. The lowest BCUT2D eigenvalue weighted by atomic mass is 10.2. The van der Waals surface area contributed by atoms with Gasteiger partial charge in [0, 0.05) is 52.4 Å². The Morgan fingerprint density at radius 2 is 1.72 bits per heavy atom. The molecule has 0 spiro atoms. The van der Waals surface area contributed by atoms with Crippen LogP contribution in [0, 0.1) is 0 Å². The van der Waals surface area contributed by atoms with Crippen LogP contribution in [0.1, 0.15) is 39.5 Å². The van der Waals surface area contributed by atoms with Crippen molar-refractivity contribution in [1.29, 1.82) is 0 Å². The van der Waals surface area contributed by atoms with Gasteiger partial charge in [0.1, 0.15) is 0 Å². The van der Waals surface area contributed by atoms with Crippen molar-refractivity contribution in [2.45, 2.75) is 45.6 Å². The molecule has 2 heterocycles. The number of nitrogens with one attached hydrogen (secondary N) is 2. The summed E-state index contributed by atoms with van der Waals surface area (Å²) in [5.41, 5.74) is 0. The number of rotatable bonds is 9. The molecule has 0 aromatic rings. The van der Waals surface area contributed by atoms with Gasteiger partial charge in [-0.25, -0.2) is 0 Å². The minimum Gasteiger partial charge on any atom is -0.356 e. The van der Waals surface area contributed by atoms with Gasteiger partial charge in [0.15, 0.2) is 5.96 Å². The molecule has 6 heteroatoms. The zero-order chi connectivity index (χ0) is 17.9. The van der Waals surface area contributed by atoms with Gasteiger partial charge in [0.25, 0.3) is 0 Å². The summed E-state index contributed by atoms with van der Waals surface area (Å²) in [6.07, 6.45) is 5.11. The number of likely N-dealkylation sites (tertiary alicyclic amines) is 1. The van der Waals surface area contributed by atoms with Crippen LogP contribution in [0.4, 0.5) is 0 Å². The van der Waals surface area contributed by atoms with Crippen LogP contribution in [0.2, 0.25) is 0 Å². The molecule has 2 aliphatic heterocycles. The van der Waals surface area contributed by atoms with Crippen LogP contribution in [0.25, 0.3) is 0 Å². The number of unbranched alkanes of at least 4 members (excludes halogenated alkanes) is 1. The third-order valence-electron chi connectivity index (χ3n) is 5.74. The number of aliphatic imine (C=N–C) groups is 1. The van der Waals surface area contributed by atoms with E-state index in [4.69, 9.17) is 0 Å². The smallest absolute Gasteiger partial charge is 0.191 e. The van der Waals surface area contributed by atoms with Gasteiger partial charge in [0.2, 0.25) is 0 Å². The van der Waals surface area contributed by atoms with Crippen molar-refractivity contribution in [2.75, 3.05) is 72.5 Å². The minimum absolute atomic E-state index is 0.672. The van der Waals surface area contributed by atoms with Crippen LogP contribution in [-0.4, -0.2) is 99.2 Å². The zero-order valence-corrected chi connectivity index (χ0v) is 16.8. The van der Waals surface area contributed by atoms with E-state index in [1.54, 1.807) is 0 Å². The lowest BCUT2D eigenvalue weighted by molar-refractivity contribution is 0.136. The molecule has 2 aliphatic rings. The molecular weight excluding hydrogens is 312 g/mol. The predicted octanol–water partition coefficient (Wildman–Crippen LogP) is 1.05. The van der Waals surface area contributed by atoms with E-state index in [0.717, 1.165) is 25.6 Å². The van der Waals surface area contributed by atoms with Crippen molar-refractivity contribution in [3.63, 3.8) is 0 Å². The summed E-state index contributed by atoms with van der Waals surface area (Å²) in [5.74, 6) is 0.958. The van der Waals surface area contributed by atoms with Gasteiger partial charge >= 0.3 is 0 Å². The highest BCUT2D eigenvalue weighted by Crippen LogP contribution is 2.15. The first-order valence-electron chi connectivity index (χ1n) is 10.4. The molecule has 6 nitrogen and oxygen atoms in total. The van der Waals surface area contributed by atoms with Gasteiger partial charge in [-0.05, 0) is 51.9 Å². The molecule has 2 N–H and O–H groups in total.